The quantitative estimate of drug-likeness (QED) is 0.612. The van der Waals surface area contributed by atoms with Crippen LogP contribution in [0.5, 0.6) is 0 Å². The summed E-state index contributed by atoms with van der Waals surface area (Å²) in [5.74, 6) is 0. The summed E-state index contributed by atoms with van der Waals surface area (Å²) in [5, 5.41) is 4.25. The van der Waals surface area contributed by atoms with Crippen molar-refractivity contribution in [3.8, 4) is 0 Å². The van der Waals surface area contributed by atoms with Crippen LogP contribution < -0.4 is 0 Å². The lowest BCUT2D eigenvalue weighted by atomic mass is 10.1. The number of aryl methyl sites for hydroxylation is 1. The fourth-order valence-corrected chi connectivity index (χ4v) is 4.98. The molecular formula is C20H21ClN2S. The van der Waals surface area contributed by atoms with Crippen LogP contribution in [0.15, 0.2) is 35.7 Å². The Hall–Kier alpha value is -1.55. The first-order valence-electron chi connectivity index (χ1n) is 8.32. The molecule has 124 valence electrons. The van der Waals surface area contributed by atoms with Crippen LogP contribution in [-0.2, 0) is 19.5 Å². The van der Waals surface area contributed by atoms with Crippen molar-refractivity contribution in [1.29, 1.82) is 0 Å². The van der Waals surface area contributed by atoms with Gasteiger partial charge in [0.05, 0.1) is 5.02 Å². The molecule has 0 saturated carbocycles. The van der Waals surface area contributed by atoms with E-state index in [1.54, 1.807) is 11.3 Å². The van der Waals surface area contributed by atoms with Crippen LogP contribution in [0.25, 0.3) is 16.3 Å². The van der Waals surface area contributed by atoms with Crippen molar-refractivity contribution in [2.45, 2.75) is 26.4 Å². The fourth-order valence-electron chi connectivity index (χ4n) is 3.59. The second kappa shape index (κ2) is 6.40. The first kappa shape index (κ1) is 15.9. The average molecular weight is 357 g/mol. The molecule has 2 aromatic heterocycles. The van der Waals surface area contributed by atoms with Crippen molar-refractivity contribution in [3.05, 3.63) is 63.1 Å². The SMILES string of the molecule is Cc1cccc(C=CCn2c3c(c4c(Cl)csc42)CN(C)CC3)c1. The second-order valence-corrected chi connectivity index (χ2v) is 7.87. The van der Waals surface area contributed by atoms with Crippen molar-refractivity contribution in [2.24, 2.45) is 0 Å². The maximum Gasteiger partial charge on any atom is 0.105 e. The normalized spacial score (nSPS) is 15.5. The van der Waals surface area contributed by atoms with Gasteiger partial charge in [0.15, 0.2) is 0 Å². The number of hydrogen-bond acceptors (Lipinski definition) is 2. The molecule has 0 atom stereocenters. The molecule has 4 rings (SSSR count). The molecule has 0 amide bonds. The lowest BCUT2D eigenvalue weighted by Crippen LogP contribution is -2.27. The zero-order chi connectivity index (χ0) is 16.7. The summed E-state index contributed by atoms with van der Waals surface area (Å²) in [5.41, 5.74) is 5.45. The van der Waals surface area contributed by atoms with Crippen LogP contribution in [0.3, 0.4) is 0 Å². The van der Waals surface area contributed by atoms with E-state index in [9.17, 15) is 0 Å². The summed E-state index contributed by atoms with van der Waals surface area (Å²) in [7, 11) is 2.18. The van der Waals surface area contributed by atoms with E-state index in [-0.39, 0.29) is 0 Å². The van der Waals surface area contributed by atoms with Gasteiger partial charge in [-0.2, -0.15) is 0 Å². The molecule has 0 bridgehead atoms. The van der Waals surface area contributed by atoms with Gasteiger partial charge in [-0.25, -0.2) is 0 Å². The summed E-state index contributed by atoms with van der Waals surface area (Å²) < 4.78 is 2.46. The van der Waals surface area contributed by atoms with Crippen LogP contribution in [0.1, 0.15) is 22.4 Å². The number of fused-ring (bicyclic) bond motifs is 3. The predicted octanol–water partition coefficient (Wildman–Crippen LogP) is 5.37. The maximum absolute atomic E-state index is 6.48. The smallest absolute Gasteiger partial charge is 0.105 e. The molecule has 0 radical (unpaired) electrons. The highest BCUT2D eigenvalue weighted by molar-refractivity contribution is 7.17. The molecule has 0 saturated heterocycles. The Morgan fingerprint density at radius 1 is 1.33 bits per heavy atom. The topological polar surface area (TPSA) is 8.17 Å². The van der Waals surface area contributed by atoms with Crippen LogP contribution in [0, 0.1) is 6.92 Å². The Morgan fingerprint density at radius 2 is 2.21 bits per heavy atom. The number of benzene rings is 1. The van der Waals surface area contributed by atoms with Crippen molar-refractivity contribution >= 4 is 39.2 Å². The van der Waals surface area contributed by atoms with Gasteiger partial charge in [-0.1, -0.05) is 53.6 Å². The second-order valence-electron chi connectivity index (χ2n) is 6.60. The highest BCUT2D eigenvalue weighted by Gasteiger charge is 2.24. The Morgan fingerprint density at radius 3 is 3.04 bits per heavy atom. The first-order valence-corrected chi connectivity index (χ1v) is 9.58. The van der Waals surface area contributed by atoms with Crippen LogP contribution >= 0.6 is 22.9 Å². The van der Waals surface area contributed by atoms with E-state index in [4.69, 9.17) is 11.6 Å². The molecule has 4 heteroatoms. The van der Waals surface area contributed by atoms with Crippen molar-refractivity contribution in [2.75, 3.05) is 13.6 Å². The van der Waals surface area contributed by atoms with Gasteiger partial charge in [-0.05, 0) is 25.1 Å². The predicted molar refractivity (Wildman–Crippen MR) is 105 cm³/mol. The molecule has 0 N–H and O–H groups in total. The molecule has 1 aromatic carbocycles. The number of likely N-dealkylation sites (N-methyl/N-ethyl adjacent to an activating group) is 1. The lowest BCUT2D eigenvalue weighted by molar-refractivity contribution is 0.310. The molecule has 1 aliphatic rings. The summed E-state index contributed by atoms with van der Waals surface area (Å²) in [6.45, 7) is 5.15. The Labute approximate surface area is 152 Å². The number of aromatic nitrogens is 1. The molecule has 0 aliphatic carbocycles. The number of thiophene rings is 1. The van der Waals surface area contributed by atoms with E-state index in [1.807, 2.05) is 0 Å². The van der Waals surface area contributed by atoms with E-state index < -0.39 is 0 Å². The lowest BCUT2D eigenvalue weighted by Gasteiger charge is -2.24. The molecular weight excluding hydrogens is 336 g/mol. The zero-order valence-corrected chi connectivity index (χ0v) is 15.6. The van der Waals surface area contributed by atoms with Gasteiger partial charge >= 0.3 is 0 Å². The van der Waals surface area contributed by atoms with Gasteiger partial charge in [0.2, 0.25) is 0 Å². The molecule has 0 unspecified atom stereocenters. The number of nitrogens with zero attached hydrogens (tertiary/aromatic N) is 2. The molecule has 24 heavy (non-hydrogen) atoms. The highest BCUT2D eigenvalue weighted by Crippen LogP contribution is 2.39. The van der Waals surface area contributed by atoms with E-state index in [1.165, 1.54) is 32.6 Å². The van der Waals surface area contributed by atoms with Crippen molar-refractivity contribution < 1.29 is 0 Å². The minimum Gasteiger partial charge on any atom is -0.332 e. The van der Waals surface area contributed by atoms with Crippen molar-refractivity contribution in [3.63, 3.8) is 0 Å². The van der Waals surface area contributed by atoms with Crippen LogP contribution in [-0.4, -0.2) is 23.1 Å². The molecule has 0 fully saturated rings. The van der Waals surface area contributed by atoms with E-state index >= 15 is 0 Å². The Balaban J connectivity index is 1.69. The third-order valence-electron chi connectivity index (χ3n) is 4.75. The Bertz CT molecular complexity index is 919. The summed E-state index contributed by atoms with van der Waals surface area (Å²) in [6.07, 6.45) is 5.58. The first-order chi connectivity index (χ1) is 11.6. The molecule has 2 nitrogen and oxygen atoms in total. The average Bonchev–Trinajstić information content (AvgIpc) is 3.07. The zero-order valence-electron chi connectivity index (χ0n) is 14.1. The monoisotopic (exact) mass is 356 g/mol. The molecule has 3 heterocycles. The fraction of sp³-hybridized carbons (Fsp3) is 0.300. The largest absolute Gasteiger partial charge is 0.332 e. The van der Waals surface area contributed by atoms with Crippen LogP contribution in [0.2, 0.25) is 5.02 Å². The summed E-state index contributed by atoms with van der Waals surface area (Å²) in [6, 6.07) is 8.61. The Kier molecular flexibility index (Phi) is 4.25. The highest BCUT2D eigenvalue weighted by atomic mass is 35.5. The van der Waals surface area contributed by atoms with Crippen molar-refractivity contribution in [1.82, 2.24) is 9.47 Å². The number of rotatable bonds is 3. The van der Waals surface area contributed by atoms with E-state index in [0.29, 0.717) is 0 Å². The van der Waals surface area contributed by atoms with Gasteiger partial charge in [-0.15, -0.1) is 11.3 Å². The summed E-state index contributed by atoms with van der Waals surface area (Å²) in [4.78, 5) is 3.69. The molecule has 1 aliphatic heterocycles. The molecule has 3 aromatic rings. The number of halogens is 1. The maximum atomic E-state index is 6.48. The van der Waals surface area contributed by atoms with Gasteiger partial charge in [0.1, 0.15) is 4.83 Å². The third-order valence-corrected chi connectivity index (χ3v) is 6.18. The van der Waals surface area contributed by atoms with Gasteiger partial charge in [0.25, 0.3) is 0 Å². The minimum atomic E-state index is 0.903. The van der Waals surface area contributed by atoms with Gasteiger partial charge < -0.3 is 9.47 Å². The minimum absolute atomic E-state index is 0.903. The van der Waals surface area contributed by atoms with Crippen LogP contribution in [0.4, 0.5) is 0 Å². The number of hydrogen-bond donors (Lipinski definition) is 0. The molecule has 0 spiro atoms. The number of allylic oxidation sites excluding steroid dienone is 1. The standard InChI is InChI=1S/C20H21ClN2S/c1-14-5-3-6-15(11-14)7-4-9-23-18-8-10-22(2)12-16(18)19-17(21)13-24-20(19)23/h3-7,11,13H,8-10,12H2,1-2H3. The van der Waals surface area contributed by atoms with Gasteiger partial charge in [0, 0.05) is 42.5 Å². The van der Waals surface area contributed by atoms with E-state index in [2.05, 4.69) is 65.2 Å². The van der Waals surface area contributed by atoms with E-state index in [0.717, 1.165) is 31.1 Å². The third kappa shape index (κ3) is 2.81. The summed E-state index contributed by atoms with van der Waals surface area (Å²) >= 11 is 8.24. The van der Waals surface area contributed by atoms with Gasteiger partial charge in [-0.3, -0.25) is 0 Å².